The van der Waals surface area contributed by atoms with E-state index in [0.29, 0.717) is 29.4 Å². The highest BCUT2D eigenvalue weighted by atomic mass is 19.4. The predicted molar refractivity (Wildman–Crippen MR) is 114 cm³/mol. The first-order valence-corrected chi connectivity index (χ1v) is 10.4. The SMILES string of the molecule is COc1ccc(-n2nccn2)c(C(=O)N2CCC[C@H](Nc3ccc(C(F)(F)F)cn3)[C@H]2C)c1. The van der Waals surface area contributed by atoms with Gasteiger partial charge in [-0.1, -0.05) is 0 Å². The lowest BCUT2D eigenvalue weighted by atomic mass is 9.96. The molecule has 2 aromatic heterocycles. The summed E-state index contributed by atoms with van der Waals surface area (Å²) in [4.78, 5) is 20.6. The molecule has 0 saturated carbocycles. The number of carbonyl (C=O) groups excluding carboxylic acids is 1. The lowest BCUT2D eigenvalue weighted by Crippen LogP contribution is -2.52. The van der Waals surface area contributed by atoms with Crippen molar-refractivity contribution in [3.63, 3.8) is 0 Å². The number of hydrogen-bond donors (Lipinski definition) is 1. The molecule has 0 aliphatic carbocycles. The summed E-state index contributed by atoms with van der Waals surface area (Å²) in [5.41, 5.74) is 0.113. The molecule has 11 heteroatoms. The maximum absolute atomic E-state index is 13.6. The van der Waals surface area contributed by atoms with E-state index >= 15 is 0 Å². The number of pyridine rings is 1. The van der Waals surface area contributed by atoms with Crippen molar-refractivity contribution in [2.45, 2.75) is 38.0 Å². The molecule has 2 atom stereocenters. The molecular weight excluding hydrogens is 437 g/mol. The first-order valence-electron chi connectivity index (χ1n) is 10.4. The number of nitrogens with zero attached hydrogens (tertiary/aromatic N) is 5. The number of halogens is 3. The summed E-state index contributed by atoms with van der Waals surface area (Å²) >= 11 is 0. The number of methoxy groups -OCH3 is 1. The van der Waals surface area contributed by atoms with E-state index in [2.05, 4.69) is 20.5 Å². The number of nitrogens with one attached hydrogen (secondary N) is 1. The number of likely N-dealkylation sites (tertiary alicyclic amines) is 1. The molecule has 0 bridgehead atoms. The normalized spacial score (nSPS) is 18.8. The average Bonchev–Trinajstić information content (AvgIpc) is 3.34. The van der Waals surface area contributed by atoms with Gasteiger partial charge in [-0.3, -0.25) is 4.79 Å². The van der Waals surface area contributed by atoms with Crippen LogP contribution in [0.1, 0.15) is 35.7 Å². The summed E-state index contributed by atoms with van der Waals surface area (Å²) in [6.45, 7) is 2.45. The number of alkyl halides is 3. The Morgan fingerprint density at radius 3 is 2.58 bits per heavy atom. The Morgan fingerprint density at radius 2 is 1.94 bits per heavy atom. The van der Waals surface area contributed by atoms with Crippen LogP contribution in [-0.2, 0) is 6.18 Å². The predicted octanol–water partition coefficient (Wildman–Crippen LogP) is 3.79. The molecule has 0 spiro atoms. The number of hydrogen-bond acceptors (Lipinski definition) is 6. The van der Waals surface area contributed by atoms with E-state index < -0.39 is 11.7 Å². The number of piperidine rings is 1. The fourth-order valence-corrected chi connectivity index (χ4v) is 3.94. The Bertz CT molecular complexity index is 1100. The van der Waals surface area contributed by atoms with E-state index in [0.717, 1.165) is 25.1 Å². The molecule has 1 aliphatic heterocycles. The molecule has 8 nitrogen and oxygen atoms in total. The van der Waals surface area contributed by atoms with Crippen LogP contribution in [0.25, 0.3) is 5.69 Å². The summed E-state index contributed by atoms with van der Waals surface area (Å²) in [6.07, 6.45) is 0.897. The summed E-state index contributed by atoms with van der Waals surface area (Å²) in [6, 6.07) is 7.00. The first kappa shape index (κ1) is 22.6. The second-order valence-corrected chi connectivity index (χ2v) is 7.76. The van der Waals surface area contributed by atoms with Crippen molar-refractivity contribution >= 4 is 11.7 Å². The van der Waals surface area contributed by atoms with Crippen LogP contribution in [-0.4, -0.2) is 56.5 Å². The molecule has 1 fully saturated rings. The maximum Gasteiger partial charge on any atom is 0.417 e. The average molecular weight is 460 g/mol. The van der Waals surface area contributed by atoms with Gasteiger partial charge in [0.25, 0.3) is 5.91 Å². The van der Waals surface area contributed by atoms with E-state index in [1.807, 2.05) is 6.92 Å². The van der Waals surface area contributed by atoms with Gasteiger partial charge < -0.3 is 15.0 Å². The lowest BCUT2D eigenvalue weighted by Gasteiger charge is -2.40. The van der Waals surface area contributed by atoms with Crippen molar-refractivity contribution in [1.82, 2.24) is 24.9 Å². The van der Waals surface area contributed by atoms with Crippen molar-refractivity contribution < 1.29 is 22.7 Å². The molecule has 3 heterocycles. The molecule has 0 radical (unpaired) electrons. The largest absolute Gasteiger partial charge is 0.497 e. The number of ether oxygens (including phenoxy) is 1. The minimum atomic E-state index is -4.44. The Labute approximate surface area is 188 Å². The zero-order valence-electron chi connectivity index (χ0n) is 18.1. The van der Waals surface area contributed by atoms with Crippen molar-refractivity contribution in [1.29, 1.82) is 0 Å². The highest BCUT2D eigenvalue weighted by Crippen LogP contribution is 2.30. The van der Waals surface area contributed by atoms with Gasteiger partial charge >= 0.3 is 6.18 Å². The lowest BCUT2D eigenvalue weighted by molar-refractivity contribution is -0.137. The van der Waals surface area contributed by atoms with E-state index in [9.17, 15) is 18.0 Å². The van der Waals surface area contributed by atoms with E-state index in [1.54, 1.807) is 23.1 Å². The van der Waals surface area contributed by atoms with Crippen molar-refractivity contribution in [2.75, 3.05) is 19.0 Å². The van der Waals surface area contributed by atoms with Gasteiger partial charge in [-0.25, -0.2) is 4.98 Å². The van der Waals surface area contributed by atoms with Gasteiger partial charge in [-0.05, 0) is 50.1 Å². The van der Waals surface area contributed by atoms with Crippen LogP contribution < -0.4 is 10.1 Å². The third-order valence-electron chi connectivity index (χ3n) is 5.74. The van der Waals surface area contributed by atoms with Gasteiger partial charge in [0.2, 0.25) is 0 Å². The minimum Gasteiger partial charge on any atom is -0.497 e. The van der Waals surface area contributed by atoms with Gasteiger partial charge in [-0.2, -0.15) is 28.2 Å². The first-order chi connectivity index (χ1) is 15.8. The van der Waals surface area contributed by atoms with Gasteiger partial charge in [0, 0.05) is 24.8 Å². The van der Waals surface area contributed by atoms with Gasteiger partial charge in [0.15, 0.2) is 0 Å². The van der Waals surface area contributed by atoms with Crippen LogP contribution in [0.3, 0.4) is 0 Å². The number of rotatable bonds is 5. The second kappa shape index (κ2) is 9.08. The molecule has 0 unspecified atom stereocenters. The molecule has 174 valence electrons. The third-order valence-corrected chi connectivity index (χ3v) is 5.74. The molecule has 1 aromatic carbocycles. The highest BCUT2D eigenvalue weighted by molar-refractivity contribution is 5.98. The molecule has 1 N–H and O–H groups in total. The third kappa shape index (κ3) is 4.76. The van der Waals surface area contributed by atoms with Gasteiger partial charge in [0.05, 0.1) is 36.3 Å². The number of anilines is 1. The summed E-state index contributed by atoms with van der Waals surface area (Å²) in [5.74, 6) is 0.653. The fraction of sp³-hybridized carbons (Fsp3) is 0.364. The van der Waals surface area contributed by atoms with E-state index in [-0.39, 0.29) is 18.0 Å². The zero-order valence-corrected chi connectivity index (χ0v) is 18.1. The quantitative estimate of drug-likeness (QED) is 0.624. The van der Waals surface area contributed by atoms with Crippen molar-refractivity contribution in [2.24, 2.45) is 0 Å². The molecule has 4 rings (SSSR count). The molecule has 3 aromatic rings. The number of benzene rings is 1. The fourth-order valence-electron chi connectivity index (χ4n) is 3.94. The van der Waals surface area contributed by atoms with Crippen LogP contribution in [0.2, 0.25) is 0 Å². The molecule has 1 aliphatic rings. The molecular formula is C22H23F3N6O2. The molecule has 33 heavy (non-hydrogen) atoms. The van der Waals surface area contributed by atoms with Gasteiger partial charge in [0.1, 0.15) is 11.6 Å². The minimum absolute atomic E-state index is 0.177. The van der Waals surface area contributed by atoms with Gasteiger partial charge in [-0.15, -0.1) is 0 Å². The number of aromatic nitrogens is 4. The Kier molecular flexibility index (Phi) is 6.21. The molecule has 1 saturated heterocycles. The summed E-state index contributed by atoms with van der Waals surface area (Å²) in [7, 11) is 1.52. The van der Waals surface area contributed by atoms with Crippen molar-refractivity contribution in [3.8, 4) is 11.4 Å². The van der Waals surface area contributed by atoms with E-state index in [4.69, 9.17) is 4.74 Å². The smallest absolute Gasteiger partial charge is 0.417 e. The second-order valence-electron chi connectivity index (χ2n) is 7.76. The zero-order chi connectivity index (χ0) is 23.6. The standard InChI is InChI=1S/C22H23F3N6O2/c1-14-18(29-20-8-5-15(13-26-20)22(23,24)25)4-3-11-30(14)21(32)17-12-16(33-2)6-7-19(17)31-27-9-10-28-31/h5-10,12-14,18H,3-4,11H2,1-2H3,(H,26,29)/t14-,18+/m1/s1. The number of carbonyl (C=O) groups is 1. The summed E-state index contributed by atoms with van der Waals surface area (Å²) in [5, 5.41) is 11.5. The van der Waals surface area contributed by atoms with Crippen LogP contribution in [0.4, 0.5) is 19.0 Å². The Morgan fingerprint density at radius 1 is 1.18 bits per heavy atom. The Hall–Kier alpha value is -3.63. The van der Waals surface area contributed by atoms with Crippen molar-refractivity contribution in [3.05, 3.63) is 60.0 Å². The van der Waals surface area contributed by atoms with Crippen LogP contribution >= 0.6 is 0 Å². The van der Waals surface area contributed by atoms with Crippen LogP contribution in [0, 0.1) is 0 Å². The summed E-state index contributed by atoms with van der Waals surface area (Å²) < 4.78 is 43.7. The maximum atomic E-state index is 13.6. The molecule has 1 amide bonds. The van der Waals surface area contributed by atoms with E-state index in [1.165, 1.54) is 30.4 Å². The Balaban J connectivity index is 1.56. The highest BCUT2D eigenvalue weighted by Gasteiger charge is 2.34. The number of amides is 1. The van der Waals surface area contributed by atoms with Crippen LogP contribution in [0.5, 0.6) is 5.75 Å². The monoisotopic (exact) mass is 460 g/mol. The topological polar surface area (TPSA) is 85.2 Å². The van der Waals surface area contributed by atoms with Crippen LogP contribution in [0.15, 0.2) is 48.9 Å².